The molecule has 1 saturated carbocycles. The van der Waals surface area contributed by atoms with Gasteiger partial charge in [-0.25, -0.2) is 0 Å². The van der Waals surface area contributed by atoms with Crippen molar-refractivity contribution in [1.29, 1.82) is 0 Å². The van der Waals surface area contributed by atoms with Crippen molar-refractivity contribution in [2.45, 2.75) is 49.8 Å². The fourth-order valence-electron chi connectivity index (χ4n) is 4.58. The van der Waals surface area contributed by atoms with Gasteiger partial charge in [-0.3, -0.25) is 9.36 Å². The number of carbonyl (C=O) groups excluding carboxylic acids is 1. The molecular formula is C27H33N5O2S. The molecule has 3 aromatic rings. The van der Waals surface area contributed by atoms with E-state index in [2.05, 4.69) is 31.9 Å². The zero-order valence-corrected chi connectivity index (χ0v) is 21.2. The summed E-state index contributed by atoms with van der Waals surface area (Å²) in [4.78, 5) is 15.5. The van der Waals surface area contributed by atoms with E-state index >= 15 is 0 Å². The Morgan fingerprint density at radius 3 is 2.37 bits per heavy atom. The first-order valence-corrected chi connectivity index (χ1v) is 13.4. The number of thioether (sulfide) groups is 1. The van der Waals surface area contributed by atoms with Crippen LogP contribution in [0.1, 0.15) is 55.8 Å². The van der Waals surface area contributed by atoms with Crippen molar-refractivity contribution >= 4 is 23.6 Å². The number of anilines is 1. The summed E-state index contributed by atoms with van der Waals surface area (Å²) in [6.07, 6.45) is 4.69. The first kappa shape index (κ1) is 23.7. The SMILES string of the molecule is COc1ccc(C(NC(=O)CSc2nnc(N3CCC(C)CC3)n2C2CC2)c2ccccc2)cc1. The van der Waals surface area contributed by atoms with Crippen LogP contribution in [0.25, 0.3) is 0 Å². The molecule has 1 N–H and O–H groups in total. The summed E-state index contributed by atoms with van der Waals surface area (Å²) in [6, 6.07) is 18.1. The molecule has 1 unspecified atom stereocenters. The van der Waals surface area contributed by atoms with Gasteiger partial charge in [-0.1, -0.05) is 61.2 Å². The molecule has 2 aliphatic rings. The van der Waals surface area contributed by atoms with Crippen LogP contribution >= 0.6 is 11.8 Å². The third-order valence-corrected chi connectivity index (χ3v) is 7.79. The third-order valence-electron chi connectivity index (χ3n) is 6.84. The van der Waals surface area contributed by atoms with Crippen molar-refractivity contribution < 1.29 is 9.53 Å². The van der Waals surface area contributed by atoms with E-state index < -0.39 is 0 Å². The molecule has 8 heteroatoms. The average molecular weight is 492 g/mol. The van der Waals surface area contributed by atoms with E-state index in [1.807, 2.05) is 54.6 Å². The molecule has 1 atom stereocenters. The molecule has 2 aromatic carbocycles. The zero-order valence-electron chi connectivity index (χ0n) is 20.4. The zero-order chi connectivity index (χ0) is 24.2. The minimum absolute atomic E-state index is 0.0293. The van der Waals surface area contributed by atoms with Crippen molar-refractivity contribution in [3.8, 4) is 5.75 Å². The molecule has 2 fully saturated rings. The van der Waals surface area contributed by atoms with Crippen LogP contribution in [0.4, 0.5) is 5.95 Å². The van der Waals surface area contributed by atoms with E-state index in [9.17, 15) is 4.79 Å². The minimum atomic E-state index is -0.234. The molecule has 1 saturated heterocycles. The molecule has 2 heterocycles. The minimum Gasteiger partial charge on any atom is -0.497 e. The van der Waals surface area contributed by atoms with Crippen LogP contribution < -0.4 is 15.0 Å². The van der Waals surface area contributed by atoms with Crippen molar-refractivity contribution in [3.05, 3.63) is 65.7 Å². The van der Waals surface area contributed by atoms with Crippen LogP contribution in [0.2, 0.25) is 0 Å². The van der Waals surface area contributed by atoms with E-state index in [0.717, 1.165) is 59.8 Å². The third kappa shape index (κ3) is 5.64. The summed E-state index contributed by atoms with van der Waals surface area (Å²) < 4.78 is 7.57. The highest BCUT2D eigenvalue weighted by atomic mass is 32.2. The van der Waals surface area contributed by atoms with E-state index in [4.69, 9.17) is 4.74 Å². The maximum Gasteiger partial charge on any atom is 0.231 e. The van der Waals surface area contributed by atoms with Gasteiger partial charge in [-0.15, -0.1) is 10.2 Å². The summed E-state index contributed by atoms with van der Waals surface area (Å²) in [7, 11) is 1.65. The number of nitrogens with zero attached hydrogens (tertiary/aromatic N) is 4. The number of carbonyl (C=O) groups is 1. The normalized spacial score (nSPS) is 17.3. The second-order valence-electron chi connectivity index (χ2n) is 9.53. The van der Waals surface area contributed by atoms with Crippen LogP contribution in [-0.2, 0) is 4.79 Å². The summed E-state index contributed by atoms with van der Waals surface area (Å²) in [6.45, 7) is 4.37. The Bertz CT molecular complexity index is 1120. The number of benzene rings is 2. The predicted molar refractivity (Wildman–Crippen MR) is 139 cm³/mol. The monoisotopic (exact) mass is 491 g/mol. The lowest BCUT2D eigenvalue weighted by atomic mass is 9.98. The highest BCUT2D eigenvalue weighted by molar-refractivity contribution is 7.99. The lowest BCUT2D eigenvalue weighted by Gasteiger charge is -2.31. The number of nitrogens with one attached hydrogen (secondary N) is 1. The fourth-order valence-corrected chi connectivity index (χ4v) is 5.39. The molecule has 0 spiro atoms. The molecule has 1 amide bonds. The van der Waals surface area contributed by atoms with E-state index in [1.165, 1.54) is 24.6 Å². The van der Waals surface area contributed by atoms with Gasteiger partial charge in [0.25, 0.3) is 0 Å². The highest BCUT2D eigenvalue weighted by Crippen LogP contribution is 2.41. The Hall–Kier alpha value is -3.00. The van der Waals surface area contributed by atoms with Gasteiger partial charge in [-0.05, 0) is 54.9 Å². The van der Waals surface area contributed by atoms with Crippen molar-refractivity contribution in [3.63, 3.8) is 0 Å². The van der Waals surface area contributed by atoms with Gasteiger partial charge >= 0.3 is 0 Å². The molecule has 1 aliphatic carbocycles. The number of hydrogen-bond acceptors (Lipinski definition) is 6. The molecule has 5 rings (SSSR count). The first-order chi connectivity index (χ1) is 17.1. The maximum absolute atomic E-state index is 13.1. The van der Waals surface area contributed by atoms with Gasteiger partial charge in [0.1, 0.15) is 5.75 Å². The van der Waals surface area contributed by atoms with Gasteiger partial charge in [-0.2, -0.15) is 0 Å². The Kier molecular flexibility index (Phi) is 7.27. The van der Waals surface area contributed by atoms with Gasteiger partial charge in [0.2, 0.25) is 11.9 Å². The van der Waals surface area contributed by atoms with E-state index in [0.29, 0.717) is 11.8 Å². The number of piperidine rings is 1. The predicted octanol–water partition coefficient (Wildman–Crippen LogP) is 4.86. The van der Waals surface area contributed by atoms with Gasteiger partial charge in [0.05, 0.1) is 18.9 Å². The van der Waals surface area contributed by atoms with E-state index in [-0.39, 0.29) is 11.9 Å². The summed E-state index contributed by atoms with van der Waals surface area (Å²) >= 11 is 1.48. The van der Waals surface area contributed by atoms with E-state index in [1.54, 1.807) is 7.11 Å². The smallest absolute Gasteiger partial charge is 0.231 e. The summed E-state index contributed by atoms with van der Waals surface area (Å²) in [5, 5.41) is 13.1. The molecule has 35 heavy (non-hydrogen) atoms. The van der Waals surface area contributed by atoms with Crippen LogP contribution in [-0.4, -0.2) is 46.6 Å². The van der Waals surface area contributed by atoms with Gasteiger partial charge in [0, 0.05) is 19.1 Å². The lowest BCUT2D eigenvalue weighted by Crippen LogP contribution is -2.34. The lowest BCUT2D eigenvalue weighted by molar-refractivity contribution is -0.119. The van der Waals surface area contributed by atoms with Crippen LogP contribution in [0.5, 0.6) is 5.75 Å². The van der Waals surface area contributed by atoms with Gasteiger partial charge < -0.3 is 15.0 Å². The molecule has 0 radical (unpaired) electrons. The van der Waals surface area contributed by atoms with Gasteiger partial charge in [0.15, 0.2) is 5.16 Å². The van der Waals surface area contributed by atoms with Crippen molar-refractivity contribution in [2.24, 2.45) is 5.92 Å². The summed E-state index contributed by atoms with van der Waals surface area (Å²) in [5.74, 6) is 2.80. The Morgan fingerprint density at radius 2 is 1.71 bits per heavy atom. The molecule has 0 bridgehead atoms. The Balaban J connectivity index is 1.28. The second kappa shape index (κ2) is 10.7. The van der Waals surface area contributed by atoms with Crippen molar-refractivity contribution in [1.82, 2.24) is 20.1 Å². The largest absolute Gasteiger partial charge is 0.497 e. The topological polar surface area (TPSA) is 72.3 Å². The molecular weight excluding hydrogens is 458 g/mol. The highest BCUT2D eigenvalue weighted by Gasteiger charge is 2.32. The number of rotatable bonds is 9. The van der Waals surface area contributed by atoms with Crippen LogP contribution in [0.3, 0.4) is 0 Å². The average Bonchev–Trinajstić information content (AvgIpc) is 3.66. The molecule has 184 valence electrons. The summed E-state index contributed by atoms with van der Waals surface area (Å²) in [5.41, 5.74) is 2.05. The molecule has 1 aliphatic heterocycles. The van der Waals surface area contributed by atoms with Crippen LogP contribution in [0, 0.1) is 5.92 Å². The Morgan fingerprint density at radius 1 is 1.03 bits per heavy atom. The second-order valence-corrected chi connectivity index (χ2v) is 10.5. The number of methoxy groups -OCH3 is 1. The first-order valence-electron chi connectivity index (χ1n) is 12.4. The number of ether oxygens (including phenoxy) is 1. The van der Waals surface area contributed by atoms with Crippen molar-refractivity contribution in [2.75, 3.05) is 30.9 Å². The molecule has 1 aromatic heterocycles. The quantitative estimate of drug-likeness (QED) is 0.431. The van der Waals surface area contributed by atoms with Crippen LogP contribution in [0.15, 0.2) is 59.8 Å². The standard InChI is InChI=1S/C27H33N5O2S/c1-19-14-16-31(17-15-19)26-29-30-27(32(26)22-10-11-22)35-18-24(33)28-25(20-6-4-3-5-7-20)21-8-12-23(34-2)13-9-21/h3-9,12-13,19,22,25H,10-11,14-18H2,1-2H3,(H,28,33). The number of hydrogen-bond donors (Lipinski definition) is 1. The molecule has 7 nitrogen and oxygen atoms in total. The Labute approximate surface area is 211 Å². The number of aromatic nitrogens is 3. The maximum atomic E-state index is 13.1. The fraction of sp³-hybridized carbons (Fsp3) is 0.444. The number of amides is 1.